The number of nitrogens with one attached hydrogen (secondary N) is 1. The maximum atomic E-state index is 11.9. The normalized spacial score (nSPS) is 10.6. The average molecular weight is 239 g/mol. The van der Waals surface area contributed by atoms with E-state index in [4.69, 9.17) is 4.52 Å². The highest BCUT2D eigenvalue weighted by atomic mass is 16.5. The summed E-state index contributed by atoms with van der Waals surface area (Å²) in [5.74, 6) is 0.843. The molecule has 96 valence electrons. The number of rotatable bonds is 6. The van der Waals surface area contributed by atoms with Crippen molar-refractivity contribution in [3.63, 3.8) is 0 Å². The van der Waals surface area contributed by atoms with Crippen molar-refractivity contribution in [1.82, 2.24) is 15.4 Å². The Morgan fingerprint density at radius 3 is 2.71 bits per heavy atom. The molecule has 0 bridgehead atoms. The van der Waals surface area contributed by atoms with Gasteiger partial charge in [0.1, 0.15) is 5.76 Å². The summed E-state index contributed by atoms with van der Waals surface area (Å²) in [6.45, 7) is 5.38. The number of carbonyl (C=O) groups is 1. The lowest BCUT2D eigenvalue weighted by Gasteiger charge is -2.16. The average Bonchev–Trinajstić information content (AvgIpc) is 2.61. The van der Waals surface area contributed by atoms with Gasteiger partial charge in [-0.25, -0.2) is 0 Å². The number of hydrogen-bond donors (Lipinski definition) is 1. The van der Waals surface area contributed by atoms with Crippen LogP contribution < -0.4 is 5.32 Å². The van der Waals surface area contributed by atoms with E-state index < -0.39 is 0 Å². The molecule has 0 fully saturated rings. The summed E-state index contributed by atoms with van der Waals surface area (Å²) in [7, 11) is 3.74. The molecule has 1 heterocycles. The molecule has 0 unspecified atom stereocenters. The van der Waals surface area contributed by atoms with Crippen LogP contribution in [-0.4, -0.2) is 43.1 Å². The zero-order valence-electron chi connectivity index (χ0n) is 11.0. The Morgan fingerprint density at radius 2 is 2.18 bits per heavy atom. The summed E-state index contributed by atoms with van der Waals surface area (Å²) < 4.78 is 5.04. The lowest BCUT2D eigenvalue weighted by atomic mass is 10.1. The number of aryl methyl sites for hydroxylation is 2. The van der Waals surface area contributed by atoms with Gasteiger partial charge >= 0.3 is 0 Å². The lowest BCUT2D eigenvalue weighted by Crippen LogP contribution is -2.30. The molecule has 0 saturated carbocycles. The molecule has 0 aliphatic carbocycles. The van der Waals surface area contributed by atoms with E-state index in [2.05, 4.69) is 10.5 Å². The van der Waals surface area contributed by atoms with Crippen LogP contribution in [0.15, 0.2) is 4.52 Å². The van der Waals surface area contributed by atoms with Crippen LogP contribution in [0.3, 0.4) is 0 Å². The number of likely N-dealkylation sites (N-methyl/N-ethyl adjacent to an activating group) is 1. The topological polar surface area (TPSA) is 58.4 Å². The highest BCUT2D eigenvalue weighted by Crippen LogP contribution is 2.13. The quantitative estimate of drug-likeness (QED) is 0.749. The van der Waals surface area contributed by atoms with E-state index in [0.29, 0.717) is 6.42 Å². The van der Waals surface area contributed by atoms with Gasteiger partial charge in [-0.2, -0.15) is 0 Å². The van der Waals surface area contributed by atoms with Gasteiger partial charge in [-0.3, -0.25) is 4.79 Å². The van der Waals surface area contributed by atoms with E-state index in [1.165, 1.54) is 0 Å². The zero-order valence-corrected chi connectivity index (χ0v) is 11.0. The first-order valence-corrected chi connectivity index (χ1v) is 5.86. The fourth-order valence-electron chi connectivity index (χ4n) is 1.66. The van der Waals surface area contributed by atoms with Gasteiger partial charge in [0.15, 0.2) is 0 Å². The molecular formula is C12H21N3O2. The van der Waals surface area contributed by atoms with E-state index in [1.54, 1.807) is 4.90 Å². The first kappa shape index (κ1) is 13.7. The molecule has 0 aliphatic heterocycles. The molecule has 1 aromatic rings. The molecule has 17 heavy (non-hydrogen) atoms. The molecule has 0 atom stereocenters. The molecule has 0 spiro atoms. The molecule has 1 rings (SSSR count). The second-order valence-corrected chi connectivity index (χ2v) is 4.25. The van der Waals surface area contributed by atoms with Crippen LogP contribution in [-0.2, 0) is 11.2 Å². The van der Waals surface area contributed by atoms with Crippen molar-refractivity contribution in [2.45, 2.75) is 26.7 Å². The lowest BCUT2D eigenvalue weighted by molar-refractivity contribution is -0.129. The van der Waals surface area contributed by atoms with E-state index >= 15 is 0 Å². The van der Waals surface area contributed by atoms with Crippen LogP contribution in [0.5, 0.6) is 0 Å². The third kappa shape index (κ3) is 3.85. The number of nitrogens with zero attached hydrogens (tertiary/aromatic N) is 2. The summed E-state index contributed by atoms with van der Waals surface area (Å²) >= 11 is 0. The monoisotopic (exact) mass is 239 g/mol. The van der Waals surface area contributed by atoms with Crippen molar-refractivity contribution in [3.8, 4) is 0 Å². The summed E-state index contributed by atoms with van der Waals surface area (Å²) in [5, 5.41) is 6.91. The molecular weight excluding hydrogens is 218 g/mol. The molecule has 0 saturated heterocycles. The molecule has 1 N–H and O–H groups in total. The Bertz CT molecular complexity index is 354. The van der Waals surface area contributed by atoms with Crippen molar-refractivity contribution in [1.29, 1.82) is 0 Å². The van der Waals surface area contributed by atoms with Crippen LogP contribution in [0, 0.1) is 13.8 Å². The summed E-state index contributed by atoms with van der Waals surface area (Å²) in [5.41, 5.74) is 1.72. The zero-order chi connectivity index (χ0) is 12.8. The minimum absolute atomic E-state index is 0.107. The van der Waals surface area contributed by atoms with Gasteiger partial charge in [0.05, 0.1) is 12.1 Å². The summed E-state index contributed by atoms with van der Waals surface area (Å²) in [6, 6.07) is 0. The first-order chi connectivity index (χ1) is 8.06. The molecule has 0 radical (unpaired) electrons. The van der Waals surface area contributed by atoms with Gasteiger partial charge < -0.3 is 14.7 Å². The highest BCUT2D eigenvalue weighted by molar-refractivity contribution is 5.78. The Morgan fingerprint density at radius 1 is 1.47 bits per heavy atom. The fraction of sp³-hybridized carbons (Fsp3) is 0.667. The van der Waals surface area contributed by atoms with E-state index in [9.17, 15) is 4.79 Å². The maximum absolute atomic E-state index is 11.9. The second kappa shape index (κ2) is 6.39. The van der Waals surface area contributed by atoms with E-state index in [1.807, 2.05) is 27.9 Å². The second-order valence-electron chi connectivity index (χ2n) is 4.25. The maximum Gasteiger partial charge on any atom is 0.226 e. The van der Waals surface area contributed by atoms with Crippen LogP contribution in [0.25, 0.3) is 0 Å². The minimum atomic E-state index is 0.107. The first-order valence-electron chi connectivity index (χ1n) is 5.86. The van der Waals surface area contributed by atoms with Crippen LogP contribution >= 0.6 is 0 Å². The SMILES string of the molecule is CNCCCN(C)C(=O)Cc1c(C)noc1C. The van der Waals surface area contributed by atoms with Gasteiger partial charge in [0, 0.05) is 19.2 Å². The van der Waals surface area contributed by atoms with Gasteiger partial charge in [0.2, 0.25) is 5.91 Å². The molecule has 0 aliphatic rings. The van der Waals surface area contributed by atoms with Gasteiger partial charge in [-0.05, 0) is 33.9 Å². The van der Waals surface area contributed by atoms with Gasteiger partial charge in [-0.1, -0.05) is 5.16 Å². The Labute approximate surface area is 102 Å². The van der Waals surface area contributed by atoms with Crippen molar-refractivity contribution in [2.75, 3.05) is 27.2 Å². The van der Waals surface area contributed by atoms with Gasteiger partial charge in [-0.15, -0.1) is 0 Å². The van der Waals surface area contributed by atoms with Crippen molar-refractivity contribution in [2.24, 2.45) is 0 Å². The number of aromatic nitrogens is 1. The van der Waals surface area contributed by atoms with E-state index in [0.717, 1.165) is 36.5 Å². The Hall–Kier alpha value is -1.36. The Balaban J connectivity index is 2.48. The third-order valence-corrected chi connectivity index (χ3v) is 2.86. The van der Waals surface area contributed by atoms with Crippen molar-refractivity contribution < 1.29 is 9.32 Å². The summed E-state index contributed by atoms with van der Waals surface area (Å²) in [6.07, 6.45) is 1.33. The predicted molar refractivity (Wildman–Crippen MR) is 65.9 cm³/mol. The largest absolute Gasteiger partial charge is 0.361 e. The standard InChI is InChI=1S/C12H21N3O2/c1-9-11(10(2)17-14-9)8-12(16)15(4)7-5-6-13-3/h13H,5-8H2,1-4H3. The van der Waals surface area contributed by atoms with Crippen LogP contribution in [0.2, 0.25) is 0 Å². The number of carbonyl (C=O) groups excluding carboxylic acids is 1. The fourth-order valence-corrected chi connectivity index (χ4v) is 1.66. The molecule has 0 aromatic carbocycles. The van der Waals surface area contributed by atoms with Gasteiger partial charge in [0.25, 0.3) is 0 Å². The van der Waals surface area contributed by atoms with Crippen molar-refractivity contribution >= 4 is 5.91 Å². The highest BCUT2D eigenvalue weighted by Gasteiger charge is 2.15. The Kier molecular flexibility index (Phi) is 5.15. The summed E-state index contributed by atoms with van der Waals surface area (Å²) in [4.78, 5) is 13.7. The molecule has 5 heteroatoms. The predicted octanol–water partition coefficient (Wildman–Crippen LogP) is 0.902. The molecule has 1 aromatic heterocycles. The van der Waals surface area contributed by atoms with Crippen molar-refractivity contribution in [3.05, 3.63) is 17.0 Å². The van der Waals surface area contributed by atoms with E-state index in [-0.39, 0.29) is 5.91 Å². The smallest absolute Gasteiger partial charge is 0.226 e. The third-order valence-electron chi connectivity index (χ3n) is 2.86. The molecule has 1 amide bonds. The minimum Gasteiger partial charge on any atom is -0.361 e. The number of hydrogen-bond acceptors (Lipinski definition) is 4. The molecule has 5 nitrogen and oxygen atoms in total. The van der Waals surface area contributed by atoms with Crippen LogP contribution in [0.4, 0.5) is 0 Å². The van der Waals surface area contributed by atoms with Crippen LogP contribution in [0.1, 0.15) is 23.4 Å². The number of amides is 1.